The van der Waals surface area contributed by atoms with Crippen molar-refractivity contribution in [3.05, 3.63) is 35.4 Å². The summed E-state index contributed by atoms with van der Waals surface area (Å²) < 4.78 is 15.7. The average Bonchev–Trinajstić information content (AvgIpc) is 3.07. The van der Waals surface area contributed by atoms with Crippen molar-refractivity contribution in [3.63, 3.8) is 0 Å². The maximum Gasteiger partial charge on any atom is 0.321 e. The van der Waals surface area contributed by atoms with Crippen LogP contribution in [0.2, 0.25) is 0 Å². The Bertz CT molecular complexity index is 575. The molecule has 3 aliphatic rings. The molecule has 1 aromatic rings. The summed E-state index contributed by atoms with van der Waals surface area (Å²) in [4.78, 5) is 23.8. The predicted octanol–water partition coefficient (Wildman–Crippen LogP) is 1.33. The highest BCUT2D eigenvalue weighted by Gasteiger charge is 2.51. The van der Waals surface area contributed by atoms with Gasteiger partial charge >= 0.3 is 11.9 Å². The number of carbonyl (C=O) groups excluding carboxylic acids is 2. The number of benzene rings is 1. The Kier molecular flexibility index (Phi) is 2.65. The largest absolute Gasteiger partial charge is 0.392 e. The summed E-state index contributed by atoms with van der Waals surface area (Å²) in [7, 11) is 0. The zero-order chi connectivity index (χ0) is 13.7. The second-order valence-corrected chi connectivity index (χ2v) is 5.49. The Morgan fingerprint density at radius 1 is 1.00 bits per heavy atom. The van der Waals surface area contributed by atoms with Crippen molar-refractivity contribution in [3.8, 4) is 0 Å². The van der Waals surface area contributed by atoms with Crippen molar-refractivity contribution < 1.29 is 23.8 Å². The second kappa shape index (κ2) is 4.40. The SMILES string of the molecule is O=C1OC(=O)C2c3ccccc3C(C3COCO3)CC12. The van der Waals surface area contributed by atoms with Crippen molar-refractivity contribution in [2.75, 3.05) is 13.4 Å². The van der Waals surface area contributed by atoms with Gasteiger partial charge in [0.05, 0.1) is 24.5 Å². The maximum atomic E-state index is 11.9. The summed E-state index contributed by atoms with van der Waals surface area (Å²) in [6.07, 6.45) is 0.529. The number of fused-ring (bicyclic) bond motifs is 3. The summed E-state index contributed by atoms with van der Waals surface area (Å²) >= 11 is 0. The van der Waals surface area contributed by atoms with Crippen LogP contribution in [0.5, 0.6) is 0 Å². The molecule has 2 saturated heterocycles. The van der Waals surface area contributed by atoms with Crippen LogP contribution in [0.15, 0.2) is 24.3 Å². The average molecular weight is 274 g/mol. The van der Waals surface area contributed by atoms with E-state index in [0.29, 0.717) is 19.8 Å². The monoisotopic (exact) mass is 274 g/mol. The zero-order valence-corrected chi connectivity index (χ0v) is 10.8. The number of esters is 2. The molecule has 2 heterocycles. The Labute approximate surface area is 115 Å². The van der Waals surface area contributed by atoms with Crippen molar-refractivity contribution in [1.29, 1.82) is 0 Å². The van der Waals surface area contributed by atoms with E-state index in [1.807, 2.05) is 24.3 Å². The molecule has 5 heteroatoms. The molecule has 4 unspecified atom stereocenters. The number of hydrogen-bond acceptors (Lipinski definition) is 5. The van der Waals surface area contributed by atoms with Gasteiger partial charge in [-0.05, 0) is 17.5 Å². The molecular weight excluding hydrogens is 260 g/mol. The molecule has 0 amide bonds. The van der Waals surface area contributed by atoms with E-state index in [1.54, 1.807) is 0 Å². The molecule has 1 aliphatic carbocycles. The maximum absolute atomic E-state index is 11.9. The van der Waals surface area contributed by atoms with Gasteiger partial charge in [0.2, 0.25) is 0 Å². The second-order valence-electron chi connectivity index (χ2n) is 5.49. The number of carbonyl (C=O) groups is 2. The van der Waals surface area contributed by atoms with E-state index in [0.717, 1.165) is 11.1 Å². The van der Waals surface area contributed by atoms with E-state index in [9.17, 15) is 9.59 Å². The van der Waals surface area contributed by atoms with Crippen LogP contribution in [-0.4, -0.2) is 31.4 Å². The minimum Gasteiger partial charge on any atom is -0.392 e. The van der Waals surface area contributed by atoms with Crippen LogP contribution in [0, 0.1) is 5.92 Å². The summed E-state index contributed by atoms with van der Waals surface area (Å²) in [6, 6.07) is 7.76. The van der Waals surface area contributed by atoms with E-state index < -0.39 is 17.9 Å². The predicted molar refractivity (Wildman–Crippen MR) is 66.8 cm³/mol. The highest BCUT2D eigenvalue weighted by molar-refractivity contribution is 6.00. The fourth-order valence-electron chi connectivity index (χ4n) is 3.58. The van der Waals surface area contributed by atoms with Gasteiger partial charge in [0.1, 0.15) is 6.79 Å². The van der Waals surface area contributed by atoms with Crippen LogP contribution in [0.1, 0.15) is 29.4 Å². The first-order chi connectivity index (χ1) is 9.75. The van der Waals surface area contributed by atoms with Gasteiger partial charge in [-0.2, -0.15) is 0 Å². The number of rotatable bonds is 1. The van der Waals surface area contributed by atoms with Crippen molar-refractivity contribution in [2.24, 2.45) is 5.92 Å². The van der Waals surface area contributed by atoms with Crippen molar-refractivity contribution in [1.82, 2.24) is 0 Å². The van der Waals surface area contributed by atoms with Gasteiger partial charge in [0.15, 0.2) is 0 Å². The van der Waals surface area contributed by atoms with Gasteiger partial charge in [0, 0.05) is 5.92 Å². The highest BCUT2D eigenvalue weighted by atomic mass is 16.7. The number of hydrogen-bond donors (Lipinski definition) is 0. The van der Waals surface area contributed by atoms with Gasteiger partial charge in [-0.15, -0.1) is 0 Å². The molecule has 104 valence electrons. The van der Waals surface area contributed by atoms with Gasteiger partial charge in [0.25, 0.3) is 0 Å². The van der Waals surface area contributed by atoms with E-state index in [-0.39, 0.29) is 17.9 Å². The Morgan fingerprint density at radius 2 is 1.80 bits per heavy atom. The van der Waals surface area contributed by atoms with Crippen LogP contribution in [0.4, 0.5) is 0 Å². The molecule has 0 N–H and O–H groups in total. The fourth-order valence-corrected chi connectivity index (χ4v) is 3.58. The van der Waals surface area contributed by atoms with Gasteiger partial charge in [-0.1, -0.05) is 24.3 Å². The molecule has 5 nitrogen and oxygen atoms in total. The lowest BCUT2D eigenvalue weighted by molar-refractivity contribution is -0.153. The lowest BCUT2D eigenvalue weighted by Gasteiger charge is -2.33. The fraction of sp³-hybridized carbons (Fsp3) is 0.467. The Balaban J connectivity index is 1.80. The molecule has 4 atom stereocenters. The van der Waals surface area contributed by atoms with Crippen LogP contribution < -0.4 is 0 Å². The molecule has 0 radical (unpaired) electrons. The molecule has 0 spiro atoms. The first kappa shape index (κ1) is 12.1. The molecule has 2 fully saturated rings. The van der Waals surface area contributed by atoms with Crippen LogP contribution in [-0.2, 0) is 23.8 Å². The van der Waals surface area contributed by atoms with Gasteiger partial charge < -0.3 is 14.2 Å². The van der Waals surface area contributed by atoms with Crippen LogP contribution in [0.3, 0.4) is 0 Å². The van der Waals surface area contributed by atoms with E-state index in [2.05, 4.69) is 0 Å². The number of cyclic esters (lactones) is 2. The van der Waals surface area contributed by atoms with Crippen molar-refractivity contribution in [2.45, 2.75) is 24.4 Å². The molecule has 0 aromatic heterocycles. The summed E-state index contributed by atoms with van der Waals surface area (Å²) in [6.45, 7) is 0.820. The van der Waals surface area contributed by atoms with Gasteiger partial charge in [-0.25, -0.2) is 0 Å². The molecule has 20 heavy (non-hydrogen) atoms. The molecular formula is C15H14O5. The lowest BCUT2D eigenvalue weighted by atomic mass is 9.69. The highest BCUT2D eigenvalue weighted by Crippen LogP contribution is 2.48. The Hall–Kier alpha value is -1.72. The third kappa shape index (κ3) is 1.63. The first-order valence-electron chi connectivity index (χ1n) is 6.79. The van der Waals surface area contributed by atoms with E-state index in [1.165, 1.54) is 0 Å². The Morgan fingerprint density at radius 3 is 2.55 bits per heavy atom. The summed E-state index contributed by atoms with van der Waals surface area (Å²) in [5.74, 6) is -1.58. The smallest absolute Gasteiger partial charge is 0.321 e. The van der Waals surface area contributed by atoms with Crippen LogP contribution >= 0.6 is 0 Å². The molecule has 1 aromatic carbocycles. The number of ether oxygens (including phenoxy) is 3. The third-order valence-corrected chi connectivity index (χ3v) is 4.50. The topological polar surface area (TPSA) is 61.8 Å². The molecule has 2 aliphatic heterocycles. The zero-order valence-electron chi connectivity index (χ0n) is 10.8. The normalized spacial score (nSPS) is 35.6. The third-order valence-electron chi connectivity index (χ3n) is 4.50. The molecule has 0 saturated carbocycles. The van der Waals surface area contributed by atoms with E-state index >= 15 is 0 Å². The minimum atomic E-state index is -0.447. The minimum absolute atomic E-state index is 0.0550. The van der Waals surface area contributed by atoms with E-state index in [4.69, 9.17) is 14.2 Å². The molecule has 4 rings (SSSR count). The lowest BCUT2D eigenvalue weighted by Crippen LogP contribution is -2.32. The standard InChI is InChI=1S/C15H14O5/c16-14-11-5-10(12-6-18-7-19-12)8-3-1-2-4-9(8)13(11)15(17)20-14/h1-4,10-13H,5-7H2. The molecule has 0 bridgehead atoms. The summed E-state index contributed by atoms with van der Waals surface area (Å²) in [5, 5.41) is 0. The summed E-state index contributed by atoms with van der Waals surface area (Å²) in [5.41, 5.74) is 1.98. The van der Waals surface area contributed by atoms with Gasteiger partial charge in [-0.3, -0.25) is 9.59 Å². The van der Waals surface area contributed by atoms with Crippen LogP contribution in [0.25, 0.3) is 0 Å². The van der Waals surface area contributed by atoms with Crippen molar-refractivity contribution >= 4 is 11.9 Å². The quantitative estimate of drug-likeness (QED) is 0.571. The first-order valence-corrected chi connectivity index (χ1v) is 6.79.